The monoisotopic (exact) mass is 329 g/mol. The van der Waals surface area contributed by atoms with E-state index in [1.165, 1.54) is 6.08 Å². The summed E-state index contributed by atoms with van der Waals surface area (Å²) in [4.78, 5) is 23.6. The molecule has 1 aromatic heterocycles. The van der Waals surface area contributed by atoms with Crippen molar-refractivity contribution in [2.75, 3.05) is 11.9 Å². The molecule has 1 aromatic carbocycles. The van der Waals surface area contributed by atoms with E-state index in [1.807, 2.05) is 48.9 Å². The topological polar surface area (TPSA) is 55.4 Å². The van der Waals surface area contributed by atoms with Gasteiger partial charge in [0.25, 0.3) is 5.91 Å². The number of aryl methyl sites for hydroxylation is 2. The molecule has 1 amide bonds. The lowest BCUT2D eigenvalue weighted by atomic mass is 10.1. The number of hydrogen-bond donors (Lipinski definition) is 1. The van der Waals surface area contributed by atoms with Crippen LogP contribution < -0.4 is 5.32 Å². The number of para-hydroxylation sites is 1. The fourth-order valence-electron chi connectivity index (χ4n) is 2.10. The SMILES string of the molecule is CCc1cccc(C)c1NC(=O)COC(=O)/C=C/c1ccsc1. The molecule has 0 fully saturated rings. The molecule has 0 saturated heterocycles. The fraction of sp³-hybridized carbons (Fsp3) is 0.222. The zero-order valence-electron chi connectivity index (χ0n) is 13.2. The van der Waals surface area contributed by atoms with E-state index in [4.69, 9.17) is 4.74 Å². The van der Waals surface area contributed by atoms with E-state index in [-0.39, 0.29) is 12.5 Å². The molecule has 1 heterocycles. The van der Waals surface area contributed by atoms with Crippen LogP contribution in [0.4, 0.5) is 5.69 Å². The van der Waals surface area contributed by atoms with Gasteiger partial charge in [-0.2, -0.15) is 11.3 Å². The number of anilines is 1. The van der Waals surface area contributed by atoms with Crippen LogP contribution in [0.2, 0.25) is 0 Å². The molecule has 120 valence electrons. The largest absolute Gasteiger partial charge is 0.452 e. The smallest absolute Gasteiger partial charge is 0.331 e. The lowest BCUT2D eigenvalue weighted by molar-refractivity contribution is -0.142. The Morgan fingerprint density at radius 2 is 2.13 bits per heavy atom. The van der Waals surface area contributed by atoms with E-state index >= 15 is 0 Å². The molecule has 0 saturated carbocycles. The second-order valence-electron chi connectivity index (χ2n) is 5.01. The van der Waals surface area contributed by atoms with Gasteiger partial charge in [0.15, 0.2) is 6.61 Å². The predicted octanol–water partition coefficient (Wildman–Crippen LogP) is 3.81. The van der Waals surface area contributed by atoms with Crippen LogP contribution in [0.1, 0.15) is 23.6 Å². The molecule has 4 nitrogen and oxygen atoms in total. The van der Waals surface area contributed by atoms with Crippen LogP contribution in [0.5, 0.6) is 0 Å². The molecule has 0 spiro atoms. The molecule has 0 aliphatic rings. The number of carbonyl (C=O) groups is 2. The van der Waals surface area contributed by atoms with Gasteiger partial charge in [0.05, 0.1) is 0 Å². The highest BCUT2D eigenvalue weighted by Gasteiger charge is 2.10. The first kappa shape index (κ1) is 17.0. The average molecular weight is 329 g/mol. The Labute approximate surface area is 139 Å². The minimum atomic E-state index is -0.535. The molecule has 0 radical (unpaired) electrons. The van der Waals surface area contributed by atoms with Crippen molar-refractivity contribution in [3.05, 3.63) is 57.8 Å². The first-order chi connectivity index (χ1) is 11.1. The van der Waals surface area contributed by atoms with Gasteiger partial charge in [0.2, 0.25) is 0 Å². The number of benzene rings is 1. The Kier molecular flexibility index (Phi) is 6.11. The van der Waals surface area contributed by atoms with E-state index in [9.17, 15) is 9.59 Å². The lowest BCUT2D eigenvalue weighted by Crippen LogP contribution is -2.21. The van der Waals surface area contributed by atoms with Gasteiger partial charge in [0, 0.05) is 11.8 Å². The van der Waals surface area contributed by atoms with Crippen molar-refractivity contribution in [2.24, 2.45) is 0 Å². The number of thiophene rings is 1. The summed E-state index contributed by atoms with van der Waals surface area (Å²) in [5.41, 5.74) is 3.78. The Morgan fingerprint density at radius 1 is 1.30 bits per heavy atom. The molecular weight excluding hydrogens is 310 g/mol. The summed E-state index contributed by atoms with van der Waals surface area (Å²) in [6.07, 6.45) is 3.80. The average Bonchev–Trinajstić information content (AvgIpc) is 3.06. The Balaban J connectivity index is 1.87. The molecule has 0 aliphatic heterocycles. The minimum absolute atomic E-state index is 0.301. The van der Waals surface area contributed by atoms with Gasteiger partial charge >= 0.3 is 5.97 Å². The van der Waals surface area contributed by atoms with Gasteiger partial charge in [0.1, 0.15) is 0 Å². The van der Waals surface area contributed by atoms with Gasteiger partial charge < -0.3 is 10.1 Å². The van der Waals surface area contributed by atoms with Gasteiger partial charge in [-0.25, -0.2) is 4.79 Å². The molecule has 23 heavy (non-hydrogen) atoms. The molecule has 0 unspecified atom stereocenters. The number of amides is 1. The molecule has 0 atom stereocenters. The van der Waals surface area contributed by atoms with Crippen molar-refractivity contribution in [1.82, 2.24) is 0 Å². The Bertz CT molecular complexity index is 705. The van der Waals surface area contributed by atoms with Gasteiger partial charge in [-0.15, -0.1) is 0 Å². The van der Waals surface area contributed by atoms with Crippen LogP contribution >= 0.6 is 11.3 Å². The number of ether oxygens (including phenoxy) is 1. The number of rotatable bonds is 6. The standard InChI is InChI=1S/C18H19NO3S/c1-3-15-6-4-5-13(2)18(15)19-16(20)11-22-17(21)8-7-14-9-10-23-12-14/h4-10,12H,3,11H2,1-2H3,(H,19,20)/b8-7+. The third-order valence-corrected chi connectivity index (χ3v) is 4.01. The predicted molar refractivity (Wildman–Crippen MR) is 93.5 cm³/mol. The number of hydrogen-bond acceptors (Lipinski definition) is 4. The maximum Gasteiger partial charge on any atom is 0.331 e. The molecule has 1 N–H and O–H groups in total. The molecule has 0 bridgehead atoms. The molecule has 2 rings (SSSR count). The molecule has 0 aliphatic carbocycles. The summed E-state index contributed by atoms with van der Waals surface area (Å²) in [5, 5.41) is 6.66. The first-order valence-corrected chi connectivity index (χ1v) is 8.29. The number of esters is 1. The number of carbonyl (C=O) groups excluding carboxylic acids is 2. The third-order valence-electron chi connectivity index (χ3n) is 3.30. The van der Waals surface area contributed by atoms with Crippen molar-refractivity contribution >= 4 is 35.0 Å². The summed E-state index contributed by atoms with van der Waals surface area (Å²) in [6.45, 7) is 3.66. The van der Waals surface area contributed by atoms with Crippen LogP contribution in [0.3, 0.4) is 0 Å². The van der Waals surface area contributed by atoms with Crippen LogP contribution in [-0.4, -0.2) is 18.5 Å². The maximum absolute atomic E-state index is 12.0. The normalized spacial score (nSPS) is 10.7. The zero-order valence-corrected chi connectivity index (χ0v) is 14.0. The van der Waals surface area contributed by atoms with E-state index < -0.39 is 5.97 Å². The summed E-state index contributed by atoms with van der Waals surface area (Å²) < 4.78 is 4.95. The van der Waals surface area contributed by atoms with Crippen molar-refractivity contribution in [3.63, 3.8) is 0 Å². The van der Waals surface area contributed by atoms with Crippen LogP contribution in [0.15, 0.2) is 41.1 Å². The Hall–Kier alpha value is -2.40. The van der Waals surface area contributed by atoms with Crippen molar-refractivity contribution in [3.8, 4) is 0 Å². The highest BCUT2D eigenvalue weighted by atomic mass is 32.1. The summed E-state index contributed by atoms with van der Waals surface area (Å²) >= 11 is 1.55. The van der Waals surface area contributed by atoms with Gasteiger partial charge in [-0.1, -0.05) is 25.1 Å². The van der Waals surface area contributed by atoms with Crippen molar-refractivity contribution < 1.29 is 14.3 Å². The second kappa shape index (κ2) is 8.29. The molecular formula is C18H19NO3S. The summed E-state index contributed by atoms with van der Waals surface area (Å²) in [6, 6.07) is 7.76. The van der Waals surface area contributed by atoms with Crippen LogP contribution in [0.25, 0.3) is 6.08 Å². The van der Waals surface area contributed by atoms with E-state index in [1.54, 1.807) is 17.4 Å². The fourth-order valence-corrected chi connectivity index (χ4v) is 2.72. The van der Waals surface area contributed by atoms with Gasteiger partial charge in [-0.05, 0) is 52.9 Å². The summed E-state index contributed by atoms with van der Waals surface area (Å²) in [5.74, 6) is -0.877. The zero-order chi connectivity index (χ0) is 16.7. The highest BCUT2D eigenvalue weighted by molar-refractivity contribution is 7.08. The van der Waals surface area contributed by atoms with Gasteiger partial charge in [-0.3, -0.25) is 4.79 Å². The molecule has 5 heteroatoms. The van der Waals surface area contributed by atoms with Crippen molar-refractivity contribution in [2.45, 2.75) is 20.3 Å². The maximum atomic E-state index is 12.0. The minimum Gasteiger partial charge on any atom is -0.452 e. The lowest BCUT2D eigenvalue weighted by Gasteiger charge is -2.12. The third kappa shape index (κ3) is 5.07. The second-order valence-corrected chi connectivity index (χ2v) is 5.79. The van der Waals surface area contributed by atoms with E-state index in [2.05, 4.69) is 5.32 Å². The quantitative estimate of drug-likeness (QED) is 0.647. The Morgan fingerprint density at radius 3 is 2.83 bits per heavy atom. The van der Waals surface area contributed by atoms with Crippen LogP contribution in [-0.2, 0) is 20.7 Å². The van der Waals surface area contributed by atoms with Crippen LogP contribution in [0, 0.1) is 6.92 Å². The summed E-state index contributed by atoms with van der Waals surface area (Å²) in [7, 11) is 0. The highest BCUT2D eigenvalue weighted by Crippen LogP contribution is 2.20. The molecule has 2 aromatic rings. The first-order valence-electron chi connectivity index (χ1n) is 7.35. The number of nitrogens with one attached hydrogen (secondary N) is 1. The van der Waals surface area contributed by atoms with E-state index in [0.717, 1.165) is 28.8 Å². The van der Waals surface area contributed by atoms with Crippen molar-refractivity contribution in [1.29, 1.82) is 0 Å². The van der Waals surface area contributed by atoms with E-state index in [0.29, 0.717) is 0 Å².